The Hall–Kier alpha value is -0.200. The van der Waals surface area contributed by atoms with Crippen LogP contribution in [0.25, 0.3) is 0 Å². The second-order valence-electron chi connectivity index (χ2n) is 3.34. The Labute approximate surface area is 83.9 Å². The van der Waals surface area contributed by atoms with E-state index in [9.17, 15) is 5.11 Å². The van der Waals surface area contributed by atoms with E-state index in [0.717, 1.165) is 0 Å². The average Bonchev–Trinajstić information content (AvgIpc) is 2.20. The van der Waals surface area contributed by atoms with Gasteiger partial charge >= 0.3 is 0 Å². The average molecular weight is 206 g/mol. The van der Waals surface area contributed by atoms with Gasteiger partial charge in [-0.05, 0) is 6.92 Å². The van der Waals surface area contributed by atoms with E-state index >= 15 is 0 Å². The van der Waals surface area contributed by atoms with Crippen LogP contribution < -0.4 is 0 Å². The van der Waals surface area contributed by atoms with E-state index in [1.165, 1.54) is 14.2 Å². The zero-order valence-electron chi connectivity index (χ0n) is 8.97. The second kappa shape index (κ2) is 5.04. The first-order chi connectivity index (χ1) is 6.65. The SMILES string of the molecule is CO[C@@H]1O[C@H](C)[C@H](OC)[C@H](OC)[C@H]1O. The van der Waals surface area contributed by atoms with E-state index in [0.29, 0.717) is 0 Å². The molecular weight excluding hydrogens is 188 g/mol. The van der Waals surface area contributed by atoms with Gasteiger partial charge in [0, 0.05) is 21.3 Å². The standard InChI is InChI=1S/C9H18O5/c1-5-7(11-2)8(12-3)6(10)9(13-4)14-5/h5-10H,1-4H3/t5-,6-,7+,8-,9-/m1/s1. The molecule has 14 heavy (non-hydrogen) atoms. The molecule has 1 rings (SSSR count). The van der Waals surface area contributed by atoms with E-state index in [2.05, 4.69) is 0 Å². The Morgan fingerprint density at radius 3 is 2.00 bits per heavy atom. The van der Waals surface area contributed by atoms with Gasteiger partial charge in [0.05, 0.1) is 6.10 Å². The first-order valence-electron chi connectivity index (χ1n) is 4.57. The van der Waals surface area contributed by atoms with Gasteiger partial charge in [-0.3, -0.25) is 0 Å². The van der Waals surface area contributed by atoms with Gasteiger partial charge in [0.1, 0.15) is 18.3 Å². The molecular formula is C9H18O5. The molecule has 84 valence electrons. The van der Waals surface area contributed by atoms with Crippen LogP contribution in [0.15, 0.2) is 0 Å². The fraction of sp³-hybridized carbons (Fsp3) is 1.00. The van der Waals surface area contributed by atoms with E-state index in [4.69, 9.17) is 18.9 Å². The lowest BCUT2D eigenvalue weighted by molar-refractivity contribution is -0.293. The zero-order valence-corrected chi connectivity index (χ0v) is 8.97. The van der Waals surface area contributed by atoms with Gasteiger partial charge in [-0.2, -0.15) is 0 Å². The molecule has 0 unspecified atom stereocenters. The first kappa shape index (κ1) is 11.9. The van der Waals surface area contributed by atoms with Crippen LogP contribution in [0.2, 0.25) is 0 Å². The molecule has 0 aromatic carbocycles. The molecule has 1 aliphatic rings. The number of rotatable bonds is 3. The highest BCUT2D eigenvalue weighted by atomic mass is 16.7. The number of aliphatic hydroxyl groups is 1. The molecule has 0 amide bonds. The summed E-state index contributed by atoms with van der Waals surface area (Å²) < 4.78 is 20.8. The van der Waals surface area contributed by atoms with Gasteiger partial charge in [-0.25, -0.2) is 0 Å². The van der Waals surface area contributed by atoms with Gasteiger partial charge in [-0.15, -0.1) is 0 Å². The Kier molecular flexibility index (Phi) is 4.28. The second-order valence-corrected chi connectivity index (χ2v) is 3.34. The normalized spacial score (nSPS) is 43.9. The Balaban J connectivity index is 2.73. The van der Waals surface area contributed by atoms with E-state index in [-0.39, 0.29) is 12.2 Å². The first-order valence-corrected chi connectivity index (χ1v) is 4.57. The number of methoxy groups -OCH3 is 3. The third-order valence-electron chi connectivity index (χ3n) is 2.53. The molecule has 1 N–H and O–H groups in total. The minimum Gasteiger partial charge on any atom is -0.385 e. The van der Waals surface area contributed by atoms with Crippen molar-refractivity contribution >= 4 is 0 Å². The van der Waals surface area contributed by atoms with Crippen molar-refractivity contribution in [3.8, 4) is 0 Å². The quantitative estimate of drug-likeness (QED) is 0.691. The van der Waals surface area contributed by atoms with Gasteiger partial charge < -0.3 is 24.1 Å². The fourth-order valence-corrected chi connectivity index (χ4v) is 1.78. The maximum Gasteiger partial charge on any atom is 0.186 e. The molecule has 0 aliphatic carbocycles. The fourth-order valence-electron chi connectivity index (χ4n) is 1.78. The number of hydrogen-bond acceptors (Lipinski definition) is 5. The van der Waals surface area contributed by atoms with Crippen molar-refractivity contribution in [3.63, 3.8) is 0 Å². The number of aliphatic hydroxyl groups excluding tert-OH is 1. The van der Waals surface area contributed by atoms with Gasteiger partial charge in [-0.1, -0.05) is 0 Å². The number of ether oxygens (including phenoxy) is 4. The highest BCUT2D eigenvalue weighted by molar-refractivity contribution is 4.89. The highest BCUT2D eigenvalue weighted by Gasteiger charge is 2.44. The van der Waals surface area contributed by atoms with Crippen molar-refractivity contribution in [1.82, 2.24) is 0 Å². The van der Waals surface area contributed by atoms with E-state index < -0.39 is 18.5 Å². The van der Waals surface area contributed by atoms with Gasteiger partial charge in [0.2, 0.25) is 0 Å². The molecule has 1 fully saturated rings. The van der Waals surface area contributed by atoms with Crippen LogP contribution in [0.5, 0.6) is 0 Å². The summed E-state index contributed by atoms with van der Waals surface area (Å²) in [5.41, 5.74) is 0. The van der Waals surface area contributed by atoms with Crippen LogP contribution in [0.3, 0.4) is 0 Å². The minimum absolute atomic E-state index is 0.168. The summed E-state index contributed by atoms with van der Waals surface area (Å²) in [6.45, 7) is 1.86. The summed E-state index contributed by atoms with van der Waals surface area (Å²) in [7, 11) is 4.58. The van der Waals surface area contributed by atoms with Crippen molar-refractivity contribution in [2.45, 2.75) is 37.6 Å². The monoisotopic (exact) mass is 206 g/mol. The molecule has 0 spiro atoms. The largest absolute Gasteiger partial charge is 0.385 e. The van der Waals surface area contributed by atoms with Gasteiger partial charge in [0.15, 0.2) is 6.29 Å². The summed E-state index contributed by atoms with van der Waals surface area (Å²) >= 11 is 0. The summed E-state index contributed by atoms with van der Waals surface area (Å²) in [4.78, 5) is 0. The van der Waals surface area contributed by atoms with Crippen LogP contribution in [0, 0.1) is 0 Å². The summed E-state index contributed by atoms with van der Waals surface area (Å²) in [5, 5.41) is 9.79. The Bertz CT molecular complexity index is 175. The van der Waals surface area contributed by atoms with Crippen LogP contribution in [0.4, 0.5) is 0 Å². The van der Waals surface area contributed by atoms with Crippen LogP contribution >= 0.6 is 0 Å². The van der Waals surface area contributed by atoms with Gasteiger partial charge in [0.25, 0.3) is 0 Å². The molecule has 0 radical (unpaired) electrons. The van der Waals surface area contributed by atoms with E-state index in [1.54, 1.807) is 7.11 Å². The van der Waals surface area contributed by atoms with Crippen molar-refractivity contribution in [2.24, 2.45) is 0 Å². The van der Waals surface area contributed by atoms with Crippen LogP contribution in [-0.2, 0) is 18.9 Å². The third kappa shape index (κ3) is 2.07. The van der Waals surface area contributed by atoms with Crippen molar-refractivity contribution in [3.05, 3.63) is 0 Å². The third-order valence-corrected chi connectivity index (χ3v) is 2.53. The van der Waals surface area contributed by atoms with Crippen LogP contribution in [0.1, 0.15) is 6.92 Å². The molecule has 1 saturated heterocycles. The lowest BCUT2D eigenvalue weighted by atomic mass is 9.99. The molecule has 0 saturated carbocycles. The van der Waals surface area contributed by atoms with E-state index in [1.807, 2.05) is 6.92 Å². The minimum atomic E-state index is -0.828. The molecule has 0 bridgehead atoms. The molecule has 5 heteroatoms. The summed E-state index contributed by atoms with van der Waals surface area (Å²) in [6, 6.07) is 0. The smallest absolute Gasteiger partial charge is 0.186 e. The molecule has 0 aromatic rings. The molecule has 1 heterocycles. The maximum atomic E-state index is 9.79. The highest BCUT2D eigenvalue weighted by Crippen LogP contribution is 2.24. The molecule has 5 nitrogen and oxygen atoms in total. The topological polar surface area (TPSA) is 57.2 Å². The lowest BCUT2D eigenvalue weighted by Gasteiger charge is -2.41. The summed E-state index contributed by atoms with van der Waals surface area (Å²) in [5.74, 6) is 0. The van der Waals surface area contributed by atoms with Crippen molar-refractivity contribution in [1.29, 1.82) is 0 Å². The predicted molar refractivity (Wildman–Crippen MR) is 48.9 cm³/mol. The van der Waals surface area contributed by atoms with Crippen molar-refractivity contribution < 1.29 is 24.1 Å². The zero-order chi connectivity index (χ0) is 10.7. The Morgan fingerprint density at radius 2 is 1.57 bits per heavy atom. The molecule has 1 aliphatic heterocycles. The number of hydrogen-bond donors (Lipinski definition) is 1. The lowest BCUT2D eigenvalue weighted by Crippen LogP contribution is -2.58. The van der Waals surface area contributed by atoms with Crippen molar-refractivity contribution in [2.75, 3.05) is 21.3 Å². The molecule has 0 aromatic heterocycles. The predicted octanol–water partition coefficient (Wildman–Crippen LogP) is -0.232. The Morgan fingerprint density at radius 1 is 1.00 bits per heavy atom. The summed E-state index contributed by atoms with van der Waals surface area (Å²) in [6.07, 6.45) is -2.35. The van der Waals surface area contributed by atoms with Crippen LogP contribution in [-0.4, -0.2) is 57.1 Å². The molecule has 5 atom stereocenters. The maximum absolute atomic E-state index is 9.79.